The Bertz CT molecular complexity index is 1120. The first-order valence-electron chi connectivity index (χ1n) is 9.22. The van der Waals surface area contributed by atoms with Gasteiger partial charge in [-0.1, -0.05) is 6.07 Å². The zero-order chi connectivity index (χ0) is 20.8. The largest absolute Gasteiger partial charge is 0.351 e. The fourth-order valence-electron chi connectivity index (χ4n) is 2.77. The lowest BCUT2D eigenvalue weighted by Gasteiger charge is -2.05. The molecule has 4 aromatic rings. The zero-order valence-electron chi connectivity index (χ0n) is 15.9. The van der Waals surface area contributed by atoms with Gasteiger partial charge in [0.2, 0.25) is 0 Å². The van der Waals surface area contributed by atoms with Crippen LogP contribution in [0.4, 0.5) is 5.69 Å². The number of carbonyl (C=O) groups is 2. The second kappa shape index (κ2) is 9.10. The van der Waals surface area contributed by atoms with E-state index in [-0.39, 0.29) is 11.8 Å². The summed E-state index contributed by atoms with van der Waals surface area (Å²) in [6, 6.07) is 14.4. The van der Waals surface area contributed by atoms with Gasteiger partial charge in [-0.3, -0.25) is 14.6 Å². The molecule has 3 aromatic heterocycles. The number of hydrogen-bond donors (Lipinski definition) is 2. The maximum atomic E-state index is 12.5. The van der Waals surface area contributed by atoms with Gasteiger partial charge in [-0.15, -0.1) is 11.3 Å². The van der Waals surface area contributed by atoms with Crippen LogP contribution in [0, 0.1) is 0 Å². The third-order valence-electron chi connectivity index (χ3n) is 4.28. The summed E-state index contributed by atoms with van der Waals surface area (Å²) in [5.74, 6) is -0.456. The van der Waals surface area contributed by atoms with Crippen LogP contribution in [0.25, 0.3) is 5.69 Å². The predicted molar refractivity (Wildman–Crippen MR) is 114 cm³/mol. The van der Waals surface area contributed by atoms with Crippen LogP contribution < -0.4 is 10.6 Å². The van der Waals surface area contributed by atoms with Gasteiger partial charge in [-0.05, 0) is 54.4 Å². The van der Waals surface area contributed by atoms with Crippen molar-refractivity contribution in [1.82, 2.24) is 25.1 Å². The molecular weight excluding hydrogens is 400 g/mol. The number of thiophene rings is 1. The summed E-state index contributed by atoms with van der Waals surface area (Å²) in [6.07, 6.45) is 7.24. The lowest BCUT2D eigenvalue weighted by Crippen LogP contribution is -2.24. The minimum absolute atomic E-state index is 0.194. The number of carbonyl (C=O) groups excluding carboxylic acids is 2. The summed E-state index contributed by atoms with van der Waals surface area (Å²) >= 11 is 1.16. The minimum Gasteiger partial charge on any atom is -0.351 e. The first-order chi connectivity index (χ1) is 14.7. The molecule has 0 aliphatic rings. The van der Waals surface area contributed by atoms with Crippen LogP contribution in [0.3, 0.4) is 0 Å². The van der Waals surface area contributed by atoms with Crippen molar-refractivity contribution in [3.05, 3.63) is 88.9 Å². The maximum absolute atomic E-state index is 12.5. The lowest BCUT2D eigenvalue weighted by atomic mass is 10.2. The summed E-state index contributed by atoms with van der Waals surface area (Å²) < 4.78 is 1.63. The summed E-state index contributed by atoms with van der Waals surface area (Å²) in [5, 5.41) is 9.76. The third kappa shape index (κ3) is 4.76. The molecule has 30 heavy (non-hydrogen) atoms. The van der Waals surface area contributed by atoms with Gasteiger partial charge in [0.25, 0.3) is 11.8 Å². The van der Waals surface area contributed by atoms with E-state index in [2.05, 4.69) is 25.7 Å². The van der Waals surface area contributed by atoms with Crippen LogP contribution in [0.15, 0.2) is 73.6 Å². The Morgan fingerprint density at radius 3 is 2.47 bits per heavy atom. The average molecular weight is 418 g/mol. The number of hydrogen-bond acceptors (Lipinski definition) is 6. The van der Waals surface area contributed by atoms with E-state index in [1.165, 1.54) is 6.33 Å². The van der Waals surface area contributed by atoms with Gasteiger partial charge in [-0.25, -0.2) is 9.67 Å². The fraction of sp³-hybridized carbons (Fsp3) is 0.0952. The number of benzene rings is 1. The Morgan fingerprint density at radius 1 is 0.967 bits per heavy atom. The second-order valence-corrected chi connectivity index (χ2v) is 7.46. The topological polar surface area (TPSA) is 102 Å². The zero-order valence-corrected chi connectivity index (χ0v) is 16.7. The normalized spacial score (nSPS) is 10.5. The molecule has 9 heteroatoms. The number of anilines is 1. The van der Waals surface area contributed by atoms with Crippen LogP contribution in [0.2, 0.25) is 0 Å². The smallest absolute Gasteiger partial charge is 0.265 e. The van der Waals surface area contributed by atoms with Crippen molar-refractivity contribution in [2.24, 2.45) is 0 Å². The molecule has 0 saturated carbocycles. The molecule has 0 aliphatic carbocycles. The van der Waals surface area contributed by atoms with E-state index in [0.717, 1.165) is 22.6 Å². The fourth-order valence-corrected chi connectivity index (χ4v) is 3.58. The van der Waals surface area contributed by atoms with Gasteiger partial charge in [0.05, 0.1) is 15.4 Å². The molecule has 0 fully saturated rings. The number of amides is 2. The molecule has 0 saturated heterocycles. The Labute approximate surface area is 176 Å². The van der Waals surface area contributed by atoms with Crippen LogP contribution in [-0.4, -0.2) is 38.1 Å². The van der Waals surface area contributed by atoms with Crippen molar-refractivity contribution in [3.63, 3.8) is 0 Å². The number of aromatic nitrogens is 4. The van der Waals surface area contributed by atoms with Crippen molar-refractivity contribution in [2.45, 2.75) is 6.42 Å². The predicted octanol–water partition coefficient (Wildman–Crippen LogP) is 2.95. The van der Waals surface area contributed by atoms with Crippen molar-refractivity contribution in [2.75, 3.05) is 11.9 Å². The van der Waals surface area contributed by atoms with Gasteiger partial charge in [0, 0.05) is 24.6 Å². The number of nitrogens with one attached hydrogen (secondary N) is 2. The first-order valence-corrected chi connectivity index (χ1v) is 10.0. The molecule has 0 spiro atoms. The maximum Gasteiger partial charge on any atom is 0.265 e. The van der Waals surface area contributed by atoms with Gasteiger partial charge < -0.3 is 10.6 Å². The molecule has 0 radical (unpaired) electrons. The van der Waals surface area contributed by atoms with Gasteiger partial charge in [-0.2, -0.15) is 5.10 Å². The molecule has 150 valence electrons. The first kappa shape index (κ1) is 19.5. The highest BCUT2D eigenvalue weighted by Gasteiger charge is 2.14. The summed E-state index contributed by atoms with van der Waals surface area (Å²) in [6.45, 7) is 0.502. The van der Waals surface area contributed by atoms with E-state index in [4.69, 9.17) is 0 Å². The summed E-state index contributed by atoms with van der Waals surface area (Å²) in [7, 11) is 0. The Hall–Kier alpha value is -3.85. The highest BCUT2D eigenvalue weighted by molar-refractivity contribution is 7.16. The van der Waals surface area contributed by atoms with Crippen molar-refractivity contribution in [3.8, 4) is 5.69 Å². The molecule has 2 N–H and O–H groups in total. The molecule has 0 unspecified atom stereocenters. The van der Waals surface area contributed by atoms with Crippen molar-refractivity contribution >= 4 is 28.8 Å². The standard InChI is InChI=1S/C21H18N6O2S/c28-20(24-11-9-15-2-1-10-22-12-15)18-7-8-19(30-18)21(29)26-16-3-5-17(6-4-16)27-14-23-13-25-27/h1-8,10,12-14H,9,11H2,(H,24,28)(H,26,29). The summed E-state index contributed by atoms with van der Waals surface area (Å²) in [5.41, 5.74) is 2.55. The van der Waals surface area contributed by atoms with Crippen LogP contribution in [0.1, 0.15) is 24.9 Å². The Morgan fingerprint density at radius 2 is 1.77 bits per heavy atom. The average Bonchev–Trinajstić information content (AvgIpc) is 3.48. The molecule has 2 amide bonds. The molecule has 0 bridgehead atoms. The summed E-state index contributed by atoms with van der Waals surface area (Å²) in [4.78, 5) is 33.7. The quantitative estimate of drug-likeness (QED) is 0.480. The monoisotopic (exact) mass is 418 g/mol. The third-order valence-corrected chi connectivity index (χ3v) is 5.37. The molecule has 0 atom stereocenters. The molecule has 4 rings (SSSR count). The highest BCUT2D eigenvalue weighted by atomic mass is 32.1. The van der Waals surface area contributed by atoms with E-state index >= 15 is 0 Å². The lowest BCUT2D eigenvalue weighted by molar-refractivity contribution is 0.0957. The van der Waals surface area contributed by atoms with E-state index in [9.17, 15) is 9.59 Å². The van der Waals surface area contributed by atoms with Crippen LogP contribution in [-0.2, 0) is 6.42 Å². The molecule has 0 aliphatic heterocycles. The van der Waals surface area contributed by atoms with E-state index in [1.807, 2.05) is 24.3 Å². The van der Waals surface area contributed by atoms with E-state index < -0.39 is 0 Å². The SMILES string of the molecule is O=C(NCCc1cccnc1)c1ccc(C(=O)Nc2ccc(-n3cncn3)cc2)s1. The highest BCUT2D eigenvalue weighted by Crippen LogP contribution is 2.19. The molecule has 3 heterocycles. The van der Waals surface area contributed by atoms with Crippen LogP contribution in [0.5, 0.6) is 0 Å². The molecular formula is C21H18N6O2S. The second-order valence-electron chi connectivity index (χ2n) is 6.37. The van der Waals surface area contributed by atoms with Crippen LogP contribution >= 0.6 is 11.3 Å². The number of nitrogens with zero attached hydrogens (tertiary/aromatic N) is 4. The molecule has 8 nitrogen and oxygen atoms in total. The van der Waals surface area contributed by atoms with E-state index in [1.54, 1.807) is 47.7 Å². The van der Waals surface area contributed by atoms with Crippen molar-refractivity contribution < 1.29 is 9.59 Å². The van der Waals surface area contributed by atoms with Gasteiger partial charge >= 0.3 is 0 Å². The van der Waals surface area contributed by atoms with Crippen molar-refractivity contribution in [1.29, 1.82) is 0 Å². The Balaban J connectivity index is 1.31. The van der Waals surface area contributed by atoms with Gasteiger partial charge in [0.1, 0.15) is 12.7 Å². The van der Waals surface area contributed by atoms with Gasteiger partial charge in [0.15, 0.2) is 0 Å². The number of pyridine rings is 1. The number of rotatable bonds is 7. The molecule has 1 aromatic carbocycles. The Kier molecular flexibility index (Phi) is 5.90. The minimum atomic E-state index is -0.261. The van der Waals surface area contributed by atoms with E-state index in [0.29, 0.717) is 28.4 Å².